The maximum atomic E-state index is 5.69. The summed E-state index contributed by atoms with van der Waals surface area (Å²) >= 11 is 0. The first kappa shape index (κ1) is 12.7. The molecule has 0 aliphatic carbocycles. The summed E-state index contributed by atoms with van der Waals surface area (Å²) in [5.74, 6) is 0. The van der Waals surface area contributed by atoms with Crippen molar-refractivity contribution in [1.82, 2.24) is 19.7 Å². The van der Waals surface area contributed by atoms with E-state index in [1.165, 1.54) is 11.1 Å². The van der Waals surface area contributed by atoms with Gasteiger partial charge in [0.2, 0.25) is 0 Å². The standard InChI is InChI=1S/C13H19N5/c1-17(8-11-7-16-18(2)9-11)10-12-4-3-5-15-13(12)6-14/h3-5,7,9H,6,8,10,14H2,1-2H3. The van der Waals surface area contributed by atoms with Gasteiger partial charge in [-0.1, -0.05) is 6.07 Å². The summed E-state index contributed by atoms with van der Waals surface area (Å²) < 4.78 is 1.82. The van der Waals surface area contributed by atoms with E-state index in [0.717, 1.165) is 18.8 Å². The van der Waals surface area contributed by atoms with Crippen molar-refractivity contribution in [3.05, 3.63) is 47.5 Å². The van der Waals surface area contributed by atoms with Gasteiger partial charge in [-0.3, -0.25) is 14.6 Å². The van der Waals surface area contributed by atoms with E-state index in [-0.39, 0.29) is 0 Å². The lowest BCUT2D eigenvalue weighted by molar-refractivity contribution is 0.317. The zero-order valence-corrected chi connectivity index (χ0v) is 10.9. The van der Waals surface area contributed by atoms with Crippen LogP contribution in [0.4, 0.5) is 0 Å². The Hall–Kier alpha value is -1.72. The smallest absolute Gasteiger partial charge is 0.0584 e. The number of nitrogens with two attached hydrogens (primary N) is 1. The van der Waals surface area contributed by atoms with Crippen molar-refractivity contribution in [2.24, 2.45) is 12.8 Å². The molecule has 0 radical (unpaired) electrons. The normalized spacial score (nSPS) is 11.1. The van der Waals surface area contributed by atoms with Gasteiger partial charge < -0.3 is 5.73 Å². The van der Waals surface area contributed by atoms with Gasteiger partial charge in [0.05, 0.1) is 11.9 Å². The van der Waals surface area contributed by atoms with E-state index >= 15 is 0 Å². The van der Waals surface area contributed by atoms with Gasteiger partial charge in [0.15, 0.2) is 0 Å². The summed E-state index contributed by atoms with van der Waals surface area (Å²) in [6.07, 6.45) is 5.71. The molecule has 2 N–H and O–H groups in total. The van der Waals surface area contributed by atoms with Crippen molar-refractivity contribution >= 4 is 0 Å². The molecule has 2 aromatic rings. The summed E-state index contributed by atoms with van der Waals surface area (Å²) in [6, 6.07) is 4.03. The third kappa shape index (κ3) is 3.15. The van der Waals surface area contributed by atoms with Crippen LogP contribution < -0.4 is 5.73 Å². The number of pyridine rings is 1. The lowest BCUT2D eigenvalue weighted by atomic mass is 10.2. The van der Waals surface area contributed by atoms with Crippen molar-refractivity contribution in [2.75, 3.05) is 7.05 Å². The van der Waals surface area contributed by atoms with Gasteiger partial charge in [0, 0.05) is 44.6 Å². The summed E-state index contributed by atoms with van der Waals surface area (Å²) in [4.78, 5) is 6.52. The average molecular weight is 245 g/mol. The topological polar surface area (TPSA) is 60.0 Å². The van der Waals surface area contributed by atoms with Crippen LogP contribution in [0.25, 0.3) is 0 Å². The Bertz CT molecular complexity index is 506. The average Bonchev–Trinajstić information content (AvgIpc) is 2.75. The second-order valence-electron chi connectivity index (χ2n) is 4.51. The maximum Gasteiger partial charge on any atom is 0.0584 e. The fourth-order valence-electron chi connectivity index (χ4n) is 2.01. The van der Waals surface area contributed by atoms with E-state index in [9.17, 15) is 0 Å². The summed E-state index contributed by atoms with van der Waals surface area (Å²) in [6.45, 7) is 2.19. The third-order valence-electron chi connectivity index (χ3n) is 2.83. The molecule has 0 aliphatic rings. The van der Waals surface area contributed by atoms with Gasteiger partial charge in [-0.25, -0.2) is 0 Å². The molecular weight excluding hydrogens is 226 g/mol. The SMILES string of the molecule is CN(Cc1cnn(C)c1)Cc1cccnc1CN. The van der Waals surface area contributed by atoms with Gasteiger partial charge in [0.1, 0.15) is 0 Å². The van der Waals surface area contributed by atoms with Gasteiger partial charge in [-0.15, -0.1) is 0 Å². The van der Waals surface area contributed by atoms with Crippen molar-refractivity contribution in [3.63, 3.8) is 0 Å². The number of hydrogen-bond acceptors (Lipinski definition) is 4. The van der Waals surface area contributed by atoms with Crippen LogP contribution in [0.2, 0.25) is 0 Å². The molecule has 5 heteroatoms. The van der Waals surface area contributed by atoms with Crippen LogP contribution in [0.5, 0.6) is 0 Å². The second kappa shape index (κ2) is 5.75. The third-order valence-corrected chi connectivity index (χ3v) is 2.83. The predicted molar refractivity (Wildman–Crippen MR) is 70.5 cm³/mol. The predicted octanol–water partition coefficient (Wildman–Crippen LogP) is 0.906. The van der Waals surface area contributed by atoms with E-state index in [2.05, 4.69) is 28.1 Å². The van der Waals surface area contributed by atoms with Crippen molar-refractivity contribution in [2.45, 2.75) is 19.6 Å². The summed E-state index contributed by atoms with van der Waals surface area (Å²) in [7, 11) is 4.01. The summed E-state index contributed by atoms with van der Waals surface area (Å²) in [5.41, 5.74) is 9.05. The number of rotatable bonds is 5. The molecule has 0 aliphatic heterocycles. The molecule has 2 rings (SSSR count). The van der Waals surface area contributed by atoms with Crippen LogP contribution in [0.3, 0.4) is 0 Å². The number of hydrogen-bond donors (Lipinski definition) is 1. The molecule has 0 aromatic carbocycles. The summed E-state index contributed by atoms with van der Waals surface area (Å²) in [5, 5.41) is 4.17. The maximum absolute atomic E-state index is 5.69. The van der Waals surface area contributed by atoms with Crippen LogP contribution in [-0.4, -0.2) is 26.7 Å². The first-order chi connectivity index (χ1) is 8.69. The number of aryl methyl sites for hydroxylation is 1. The zero-order valence-electron chi connectivity index (χ0n) is 10.9. The fraction of sp³-hybridized carbons (Fsp3) is 0.385. The molecule has 0 saturated heterocycles. The molecule has 96 valence electrons. The minimum atomic E-state index is 0.483. The number of nitrogens with zero attached hydrogens (tertiary/aromatic N) is 4. The lowest BCUT2D eigenvalue weighted by Gasteiger charge is -2.17. The zero-order chi connectivity index (χ0) is 13.0. The van der Waals surface area contributed by atoms with Crippen LogP contribution in [-0.2, 0) is 26.7 Å². The Balaban J connectivity index is 2.00. The molecule has 0 bridgehead atoms. The highest BCUT2D eigenvalue weighted by atomic mass is 15.2. The Morgan fingerprint density at radius 1 is 1.39 bits per heavy atom. The molecule has 2 heterocycles. The quantitative estimate of drug-likeness (QED) is 0.850. The van der Waals surface area contributed by atoms with Gasteiger partial charge in [-0.05, 0) is 18.7 Å². The first-order valence-corrected chi connectivity index (χ1v) is 5.98. The molecule has 0 fully saturated rings. The highest BCUT2D eigenvalue weighted by Gasteiger charge is 2.07. The van der Waals surface area contributed by atoms with Crippen molar-refractivity contribution in [1.29, 1.82) is 0 Å². The van der Waals surface area contributed by atoms with Gasteiger partial charge >= 0.3 is 0 Å². The largest absolute Gasteiger partial charge is 0.325 e. The van der Waals surface area contributed by atoms with E-state index in [4.69, 9.17) is 5.73 Å². The molecule has 18 heavy (non-hydrogen) atoms. The minimum Gasteiger partial charge on any atom is -0.325 e. The Labute approximate surface area is 107 Å². The molecule has 0 unspecified atom stereocenters. The monoisotopic (exact) mass is 245 g/mol. The van der Waals surface area contributed by atoms with E-state index in [1.807, 2.05) is 30.2 Å². The van der Waals surface area contributed by atoms with Crippen molar-refractivity contribution in [3.8, 4) is 0 Å². The Morgan fingerprint density at radius 2 is 2.22 bits per heavy atom. The van der Waals surface area contributed by atoms with Crippen LogP contribution in [0.1, 0.15) is 16.8 Å². The van der Waals surface area contributed by atoms with Crippen LogP contribution >= 0.6 is 0 Å². The van der Waals surface area contributed by atoms with E-state index in [1.54, 1.807) is 6.20 Å². The van der Waals surface area contributed by atoms with E-state index < -0.39 is 0 Å². The Kier molecular flexibility index (Phi) is 4.07. The molecular formula is C13H19N5. The van der Waals surface area contributed by atoms with E-state index in [0.29, 0.717) is 6.54 Å². The highest BCUT2D eigenvalue weighted by molar-refractivity contribution is 5.19. The van der Waals surface area contributed by atoms with Crippen molar-refractivity contribution < 1.29 is 0 Å². The van der Waals surface area contributed by atoms with Gasteiger partial charge in [-0.2, -0.15) is 5.10 Å². The molecule has 0 amide bonds. The number of aromatic nitrogens is 3. The molecule has 0 saturated carbocycles. The molecule has 0 atom stereocenters. The lowest BCUT2D eigenvalue weighted by Crippen LogP contribution is -2.19. The first-order valence-electron chi connectivity index (χ1n) is 5.98. The minimum absolute atomic E-state index is 0.483. The van der Waals surface area contributed by atoms with Crippen LogP contribution in [0, 0.1) is 0 Å². The van der Waals surface area contributed by atoms with Crippen LogP contribution in [0.15, 0.2) is 30.7 Å². The van der Waals surface area contributed by atoms with Gasteiger partial charge in [0.25, 0.3) is 0 Å². The Morgan fingerprint density at radius 3 is 2.89 bits per heavy atom. The molecule has 2 aromatic heterocycles. The molecule has 0 spiro atoms. The molecule has 5 nitrogen and oxygen atoms in total. The highest BCUT2D eigenvalue weighted by Crippen LogP contribution is 2.10. The fourth-order valence-corrected chi connectivity index (χ4v) is 2.01. The second-order valence-corrected chi connectivity index (χ2v) is 4.51.